The lowest BCUT2D eigenvalue weighted by molar-refractivity contribution is -0.123. The van der Waals surface area contributed by atoms with Gasteiger partial charge in [0.05, 0.1) is 16.3 Å². The summed E-state index contributed by atoms with van der Waals surface area (Å²) in [5.41, 5.74) is 3.07. The van der Waals surface area contributed by atoms with E-state index in [4.69, 9.17) is 32.7 Å². The molecule has 1 heterocycles. The van der Waals surface area contributed by atoms with Gasteiger partial charge in [0.15, 0.2) is 6.61 Å². The number of ether oxygens (including phenoxy) is 2. The number of para-hydroxylation sites is 1. The van der Waals surface area contributed by atoms with Gasteiger partial charge in [-0.2, -0.15) is 5.10 Å². The minimum absolute atomic E-state index is 0.226. The average molecular weight is 499 g/mol. The summed E-state index contributed by atoms with van der Waals surface area (Å²) in [5, 5.41) is 5.52. The first kappa shape index (κ1) is 22.8. The predicted octanol–water partition coefficient (Wildman–Crippen LogP) is 5.96. The number of nitrogens with zero attached hydrogens (tertiary/aromatic N) is 1. The van der Waals surface area contributed by atoms with Crippen LogP contribution < -0.4 is 14.9 Å². The van der Waals surface area contributed by atoms with Crippen LogP contribution in [0.1, 0.15) is 15.2 Å². The van der Waals surface area contributed by atoms with Crippen molar-refractivity contribution in [2.24, 2.45) is 5.10 Å². The number of rotatable bonds is 7. The molecule has 0 aliphatic heterocycles. The molecule has 3 aromatic carbocycles. The number of halogens is 2. The zero-order valence-electron chi connectivity index (χ0n) is 17.0. The second-order valence-corrected chi connectivity index (χ2v) is 8.55. The van der Waals surface area contributed by atoms with Gasteiger partial charge in [-0.3, -0.25) is 4.79 Å². The predicted molar refractivity (Wildman–Crippen MR) is 131 cm³/mol. The molecule has 33 heavy (non-hydrogen) atoms. The molecule has 4 aromatic rings. The number of amides is 1. The Labute approximate surface area is 203 Å². The molecule has 9 heteroatoms. The quantitative estimate of drug-likeness (QED) is 0.147. The van der Waals surface area contributed by atoms with Crippen LogP contribution in [0, 0.1) is 0 Å². The maximum Gasteiger partial charge on any atom is 0.355 e. The van der Waals surface area contributed by atoms with Crippen molar-refractivity contribution in [3.8, 4) is 11.5 Å². The highest BCUT2D eigenvalue weighted by atomic mass is 35.5. The standard InChI is InChI=1S/C24H16Cl2N2O4S/c25-18-6-2-3-7-19(18)31-14-21(29)28-27-13-15-9-11-16(12-10-15)32-24(30)23-22(26)17-5-1-4-8-20(17)33-23/h1-13H,14H2,(H,28,29)/b27-13-. The molecule has 0 saturated carbocycles. The molecule has 0 saturated heterocycles. The lowest BCUT2D eigenvalue weighted by Gasteiger charge is -2.06. The van der Waals surface area contributed by atoms with E-state index in [0.717, 1.165) is 10.1 Å². The Morgan fingerprint density at radius 2 is 1.70 bits per heavy atom. The van der Waals surface area contributed by atoms with E-state index < -0.39 is 11.9 Å². The van der Waals surface area contributed by atoms with Gasteiger partial charge in [-0.05, 0) is 48.0 Å². The van der Waals surface area contributed by atoms with Crippen molar-refractivity contribution < 1.29 is 19.1 Å². The van der Waals surface area contributed by atoms with E-state index in [2.05, 4.69) is 10.5 Å². The molecule has 166 valence electrons. The van der Waals surface area contributed by atoms with Crippen molar-refractivity contribution in [1.29, 1.82) is 0 Å². The van der Waals surface area contributed by atoms with E-state index in [1.54, 1.807) is 48.5 Å². The molecule has 0 radical (unpaired) electrons. The number of hydrazone groups is 1. The number of hydrogen-bond acceptors (Lipinski definition) is 6. The zero-order chi connectivity index (χ0) is 23.2. The molecule has 1 aromatic heterocycles. The van der Waals surface area contributed by atoms with E-state index in [-0.39, 0.29) is 6.61 Å². The van der Waals surface area contributed by atoms with Crippen LogP contribution in [0.2, 0.25) is 10.0 Å². The Morgan fingerprint density at radius 1 is 0.970 bits per heavy atom. The molecular formula is C24H16Cl2N2O4S. The van der Waals surface area contributed by atoms with Crippen LogP contribution in [0.15, 0.2) is 77.9 Å². The Balaban J connectivity index is 1.30. The van der Waals surface area contributed by atoms with Gasteiger partial charge in [0.1, 0.15) is 16.4 Å². The lowest BCUT2D eigenvalue weighted by Crippen LogP contribution is -2.24. The topological polar surface area (TPSA) is 77.0 Å². The second-order valence-electron chi connectivity index (χ2n) is 6.71. The summed E-state index contributed by atoms with van der Waals surface area (Å²) in [4.78, 5) is 24.7. The van der Waals surface area contributed by atoms with Crippen LogP contribution >= 0.6 is 34.5 Å². The largest absolute Gasteiger partial charge is 0.482 e. The average Bonchev–Trinajstić information content (AvgIpc) is 3.16. The lowest BCUT2D eigenvalue weighted by atomic mass is 10.2. The molecule has 0 aliphatic carbocycles. The first-order chi connectivity index (χ1) is 16.0. The van der Waals surface area contributed by atoms with Gasteiger partial charge in [0, 0.05) is 10.1 Å². The number of carbonyl (C=O) groups excluding carboxylic acids is 2. The maximum absolute atomic E-state index is 12.5. The number of fused-ring (bicyclic) bond motifs is 1. The molecule has 0 bridgehead atoms. The third kappa shape index (κ3) is 5.70. The molecule has 0 fully saturated rings. The van der Waals surface area contributed by atoms with Gasteiger partial charge in [-0.25, -0.2) is 10.2 Å². The Morgan fingerprint density at radius 3 is 2.45 bits per heavy atom. The van der Waals surface area contributed by atoms with Gasteiger partial charge < -0.3 is 9.47 Å². The SMILES string of the molecule is O=C(COc1ccccc1Cl)N/N=C\c1ccc(OC(=O)c2sc3ccccc3c2Cl)cc1. The highest BCUT2D eigenvalue weighted by Gasteiger charge is 2.18. The molecule has 0 unspecified atom stereocenters. The second kappa shape index (κ2) is 10.5. The van der Waals surface area contributed by atoms with Crippen molar-refractivity contribution in [2.45, 2.75) is 0 Å². The van der Waals surface area contributed by atoms with Crippen LogP contribution in [0.5, 0.6) is 11.5 Å². The monoisotopic (exact) mass is 498 g/mol. The summed E-state index contributed by atoms with van der Waals surface area (Å²) in [6.45, 7) is -0.226. The number of thiophene rings is 1. The molecule has 0 aliphatic rings. The van der Waals surface area contributed by atoms with Crippen LogP contribution in [0.4, 0.5) is 0 Å². The summed E-state index contributed by atoms with van der Waals surface area (Å²) in [6, 6.07) is 21.0. The summed E-state index contributed by atoms with van der Waals surface area (Å²) < 4.78 is 11.7. The summed E-state index contributed by atoms with van der Waals surface area (Å²) in [6.07, 6.45) is 1.46. The minimum Gasteiger partial charge on any atom is -0.482 e. The highest BCUT2D eigenvalue weighted by molar-refractivity contribution is 7.21. The Kier molecular flexibility index (Phi) is 7.24. The van der Waals surface area contributed by atoms with E-state index in [0.29, 0.717) is 32.0 Å². The normalized spacial score (nSPS) is 11.0. The fraction of sp³-hybridized carbons (Fsp3) is 0.0417. The minimum atomic E-state index is -0.520. The Hall–Kier alpha value is -3.39. The van der Waals surface area contributed by atoms with E-state index in [1.807, 2.05) is 24.3 Å². The molecular weight excluding hydrogens is 483 g/mol. The van der Waals surface area contributed by atoms with E-state index in [9.17, 15) is 9.59 Å². The Bertz CT molecular complexity index is 1340. The van der Waals surface area contributed by atoms with Gasteiger partial charge in [-0.1, -0.05) is 53.5 Å². The fourth-order valence-corrected chi connectivity index (χ4v) is 4.41. The first-order valence-corrected chi connectivity index (χ1v) is 11.3. The van der Waals surface area contributed by atoms with Gasteiger partial charge in [-0.15, -0.1) is 11.3 Å². The maximum atomic E-state index is 12.5. The summed E-state index contributed by atoms with van der Waals surface area (Å²) in [7, 11) is 0. The van der Waals surface area contributed by atoms with Crippen molar-refractivity contribution in [1.82, 2.24) is 5.43 Å². The van der Waals surface area contributed by atoms with Crippen LogP contribution in [0.25, 0.3) is 10.1 Å². The number of carbonyl (C=O) groups is 2. The smallest absolute Gasteiger partial charge is 0.355 e. The molecule has 1 amide bonds. The van der Waals surface area contributed by atoms with Crippen LogP contribution in [0.3, 0.4) is 0 Å². The number of benzene rings is 3. The van der Waals surface area contributed by atoms with Gasteiger partial charge >= 0.3 is 5.97 Å². The number of esters is 1. The summed E-state index contributed by atoms with van der Waals surface area (Å²) >= 11 is 13.6. The summed E-state index contributed by atoms with van der Waals surface area (Å²) in [5.74, 6) is -0.173. The van der Waals surface area contributed by atoms with Gasteiger partial charge in [0.25, 0.3) is 5.91 Å². The van der Waals surface area contributed by atoms with Crippen molar-refractivity contribution in [3.63, 3.8) is 0 Å². The van der Waals surface area contributed by atoms with Crippen molar-refractivity contribution in [3.05, 3.63) is 93.3 Å². The van der Waals surface area contributed by atoms with Crippen molar-refractivity contribution >= 4 is 62.7 Å². The molecule has 6 nitrogen and oxygen atoms in total. The molecule has 0 atom stereocenters. The molecule has 0 spiro atoms. The molecule has 4 rings (SSSR count). The fourth-order valence-electron chi connectivity index (χ4n) is 2.84. The highest BCUT2D eigenvalue weighted by Crippen LogP contribution is 2.35. The number of nitrogens with one attached hydrogen (secondary N) is 1. The molecule has 1 N–H and O–H groups in total. The first-order valence-electron chi connectivity index (χ1n) is 9.70. The number of hydrogen-bond donors (Lipinski definition) is 1. The third-order valence-electron chi connectivity index (χ3n) is 4.41. The zero-order valence-corrected chi connectivity index (χ0v) is 19.3. The van der Waals surface area contributed by atoms with E-state index in [1.165, 1.54) is 17.6 Å². The van der Waals surface area contributed by atoms with Crippen LogP contribution in [-0.2, 0) is 4.79 Å². The van der Waals surface area contributed by atoms with E-state index >= 15 is 0 Å². The van der Waals surface area contributed by atoms with Crippen LogP contribution in [-0.4, -0.2) is 24.7 Å². The van der Waals surface area contributed by atoms with Crippen molar-refractivity contribution in [2.75, 3.05) is 6.61 Å². The van der Waals surface area contributed by atoms with Gasteiger partial charge in [0.2, 0.25) is 0 Å². The third-order valence-corrected chi connectivity index (χ3v) is 6.38.